The maximum Gasteiger partial charge on any atom is 0.266 e. The molecular weight excluding hydrogens is 394 g/mol. The minimum absolute atomic E-state index is 0.00484. The summed E-state index contributed by atoms with van der Waals surface area (Å²) in [6.07, 6.45) is 3.79. The topological polar surface area (TPSA) is 56.1 Å². The number of hydrogen-bond donors (Lipinski definition) is 1. The van der Waals surface area contributed by atoms with Crippen molar-refractivity contribution in [1.82, 2.24) is 0 Å². The van der Waals surface area contributed by atoms with Crippen LogP contribution in [-0.2, 0) is 4.79 Å². The van der Waals surface area contributed by atoms with E-state index >= 15 is 0 Å². The first-order chi connectivity index (χ1) is 14.2. The molecule has 0 bridgehead atoms. The SMILES string of the molecule is CCN1c2cc(Cl)c(/C=C(\C#N)C(=O)Nc3ccccc3C)cc2C(C)=CC1(C)C. The van der Waals surface area contributed by atoms with Crippen LogP contribution in [0.5, 0.6) is 0 Å². The first kappa shape index (κ1) is 21.7. The number of rotatable bonds is 4. The highest BCUT2D eigenvalue weighted by atomic mass is 35.5. The molecule has 4 nitrogen and oxygen atoms in total. The highest BCUT2D eigenvalue weighted by Crippen LogP contribution is 2.41. The fraction of sp³-hybridized carbons (Fsp3) is 0.280. The molecule has 154 valence electrons. The summed E-state index contributed by atoms with van der Waals surface area (Å²) in [5, 5.41) is 12.9. The van der Waals surface area contributed by atoms with Gasteiger partial charge in [-0.3, -0.25) is 4.79 Å². The van der Waals surface area contributed by atoms with Gasteiger partial charge in [-0.1, -0.05) is 35.9 Å². The molecule has 0 saturated heterocycles. The van der Waals surface area contributed by atoms with Gasteiger partial charge in [0, 0.05) is 28.5 Å². The van der Waals surface area contributed by atoms with Crippen LogP contribution in [-0.4, -0.2) is 18.0 Å². The van der Waals surface area contributed by atoms with Crippen LogP contribution in [0.4, 0.5) is 11.4 Å². The Morgan fingerprint density at radius 1 is 1.27 bits per heavy atom. The van der Waals surface area contributed by atoms with Gasteiger partial charge in [-0.2, -0.15) is 5.26 Å². The van der Waals surface area contributed by atoms with Gasteiger partial charge in [0.05, 0.1) is 5.54 Å². The summed E-state index contributed by atoms with van der Waals surface area (Å²) in [7, 11) is 0. The summed E-state index contributed by atoms with van der Waals surface area (Å²) < 4.78 is 0. The lowest BCUT2D eigenvalue weighted by molar-refractivity contribution is -0.112. The second kappa shape index (κ2) is 8.38. The molecule has 1 aliphatic rings. The number of fused-ring (bicyclic) bond motifs is 1. The first-order valence-electron chi connectivity index (χ1n) is 9.97. The van der Waals surface area contributed by atoms with Crippen LogP contribution in [0.2, 0.25) is 5.02 Å². The lowest BCUT2D eigenvalue weighted by Gasteiger charge is -2.43. The van der Waals surface area contributed by atoms with Gasteiger partial charge in [0.1, 0.15) is 11.6 Å². The average molecular weight is 420 g/mol. The monoisotopic (exact) mass is 419 g/mol. The number of nitriles is 1. The Labute approximate surface area is 183 Å². The number of amides is 1. The summed E-state index contributed by atoms with van der Waals surface area (Å²) in [6, 6.07) is 13.3. The lowest BCUT2D eigenvalue weighted by atomic mass is 9.88. The van der Waals surface area contributed by atoms with Gasteiger partial charge in [0.25, 0.3) is 5.91 Å². The van der Waals surface area contributed by atoms with E-state index < -0.39 is 5.91 Å². The molecule has 0 spiro atoms. The summed E-state index contributed by atoms with van der Waals surface area (Å²) in [5.74, 6) is -0.454. The van der Waals surface area contributed by atoms with Crippen molar-refractivity contribution in [1.29, 1.82) is 5.26 Å². The molecule has 1 aliphatic heterocycles. The number of allylic oxidation sites excluding steroid dienone is 1. The van der Waals surface area contributed by atoms with Crippen molar-refractivity contribution in [2.24, 2.45) is 0 Å². The van der Waals surface area contributed by atoms with Crippen molar-refractivity contribution in [2.45, 2.75) is 40.2 Å². The number of anilines is 2. The third-order valence-corrected chi connectivity index (χ3v) is 5.80. The Hall–Kier alpha value is -3.03. The molecule has 1 N–H and O–H groups in total. The molecule has 1 heterocycles. The third-order valence-electron chi connectivity index (χ3n) is 5.47. The van der Waals surface area contributed by atoms with Crippen LogP contribution in [0.25, 0.3) is 11.6 Å². The van der Waals surface area contributed by atoms with E-state index in [1.54, 1.807) is 6.08 Å². The Balaban J connectivity index is 2.01. The fourth-order valence-electron chi connectivity index (χ4n) is 4.01. The number of para-hydroxylation sites is 1. The summed E-state index contributed by atoms with van der Waals surface area (Å²) in [4.78, 5) is 15.0. The number of benzene rings is 2. The Morgan fingerprint density at radius 2 is 1.97 bits per heavy atom. The second-order valence-electron chi connectivity index (χ2n) is 8.06. The third kappa shape index (κ3) is 4.13. The lowest BCUT2D eigenvalue weighted by Crippen LogP contribution is -2.44. The van der Waals surface area contributed by atoms with Crippen molar-refractivity contribution in [3.8, 4) is 6.07 Å². The van der Waals surface area contributed by atoms with E-state index in [4.69, 9.17) is 11.6 Å². The highest BCUT2D eigenvalue weighted by molar-refractivity contribution is 6.32. The van der Waals surface area contributed by atoms with Crippen molar-refractivity contribution >= 4 is 40.5 Å². The van der Waals surface area contributed by atoms with Crippen molar-refractivity contribution in [2.75, 3.05) is 16.8 Å². The van der Waals surface area contributed by atoms with Crippen LogP contribution in [0.1, 0.15) is 44.4 Å². The standard InChI is InChI=1S/C25H26ClN3O/c1-6-29-23-13-21(26)18(12-20(23)17(3)14-25(29,4)5)11-19(15-27)24(30)28-22-10-8-7-9-16(22)2/h7-14H,6H2,1-5H3,(H,28,30)/b19-11+. The Kier molecular flexibility index (Phi) is 6.05. The first-order valence-corrected chi connectivity index (χ1v) is 10.4. The number of halogens is 1. The zero-order valence-electron chi connectivity index (χ0n) is 18.0. The largest absolute Gasteiger partial charge is 0.363 e. The maximum absolute atomic E-state index is 12.7. The van der Waals surface area contributed by atoms with E-state index in [-0.39, 0.29) is 11.1 Å². The Bertz CT molecular complexity index is 1110. The molecule has 0 aromatic heterocycles. The van der Waals surface area contributed by atoms with Gasteiger partial charge in [0.15, 0.2) is 0 Å². The van der Waals surface area contributed by atoms with Crippen LogP contribution in [0, 0.1) is 18.3 Å². The molecule has 0 unspecified atom stereocenters. The molecule has 0 radical (unpaired) electrons. The summed E-state index contributed by atoms with van der Waals surface area (Å²) in [5.41, 5.74) is 5.42. The zero-order valence-corrected chi connectivity index (χ0v) is 18.8. The molecule has 0 saturated carbocycles. The van der Waals surface area contributed by atoms with Gasteiger partial charge < -0.3 is 10.2 Å². The van der Waals surface area contributed by atoms with Gasteiger partial charge >= 0.3 is 0 Å². The van der Waals surface area contributed by atoms with Crippen molar-refractivity contribution in [3.05, 3.63) is 69.8 Å². The number of carbonyl (C=O) groups is 1. The number of aryl methyl sites for hydroxylation is 1. The van der Waals surface area contributed by atoms with Gasteiger partial charge in [-0.25, -0.2) is 0 Å². The summed E-state index contributed by atoms with van der Waals surface area (Å²) in [6.45, 7) is 11.3. The predicted octanol–water partition coefficient (Wildman–Crippen LogP) is 6.22. The molecule has 2 aromatic rings. The number of carbonyl (C=O) groups excluding carboxylic acids is 1. The van der Waals surface area contributed by atoms with Crippen LogP contribution >= 0.6 is 11.6 Å². The second-order valence-corrected chi connectivity index (χ2v) is 8.46. The summed E-state index contributed by atoms with van der Waals surface area (Å²) >= 11 is 6.58. The van der Waals surface area contributed by atoms with Gasteiger partial charge in [-0.15, -0.1) is 0 Å². The molecule has 1 amide bonds. The highest BCUT2D eigenvalue weighted by Gasteiger charge is 2.30. The molecule has 0 aliphatic carbocycles. The molecule has 0 atom stereocenters. The normalized spacial score (nSPS) is 15.2. The fourth-order valence-corrected chi connectivity index (χ4v) is 4.22. The van der Waals surface area contributed by atoms with E-state index in [1.807, 2.05) is 49.4 Å². The molecular formula is C25H26ClN3O. The number of nitrogens with zero attached hydrogens (tertiary/aromatic N) is 2. The zero-order chi connectivity index (χ0) is 22.1. The van der Waals surface area contributed by atoms with E-state index in [9.17, 15) is 10.1 Å². The molecule has 0 fully saturated rings. The van der Waals surface area contributed by atoms with E-state index in [2.05, 4.69) is 44.0 Å². The van der Waals surface area contributed by atoms with Crippen LogP contribution < -0.4 is 10.2 Å². The van der Waals surface area contributed by atoms with Crippen molar-refractivity contribution < 1.29 is 4.79 Å². The smallest absolute Gasteiger partial charge is 0.266 e. The molecule has 30 heavy (non-hydrogen) atoms. The molecule has 3 rings (SSSR count). The quantitative estimate of drug-likeness (QED) is 0.473. The van der Waals surface area contributed by atoms with E-state index in [1.165, 1.54) is 0 Å². The van der Waals surface area contributed by atoms with E-state index in [0.29, 0.717) is 16.3 Å². The number of likely N-dealkylation sites (N-methyl/N-ethyl adjacent to an activating group) is 1. The Morgan fingerprint density at radius 3 is 2.60 bits per heavy atom. The minimum Gasteiger partial charge on any atom is -0.363 e. The minimum atomic E-state index is -0.454. The maximum atomic E-state index is 12.7. The van der Waals surface area contributed by atoms with Crippen molar-refractivity contribution in [3.63, 3.8) is 0 Å². The molecule has 2 aromatic carbocycles. The molecule has 5 heteroatoms. The predicted molar refractivity (Wildman–Crippen MR) is 126 cm³/mol. The van der Waals surface area contributed by atoms with Gasteiger partial charge in [-0.05, 0) is 75.6 Å². The average Bonchev–Trinajstić information content (AvgIpc) is 2.68. The number of nitrogens with one attached hydrogen (secondary N) is 1. The van der Waals surface area contributed by atoms with Gasteiger partial charge in [0.2, 0.25) is 0 Å². The van der Waals surface area contributed by atoms with E-state index in [0.717, 1.165) is 28.9 Å². The van der Waals surface area contributed by atoms with Crippen LogP contribution in [0.15, 0.2) is 48.0 Å². The van der Waals surface area contributed by atoms with Crippen LogP contribution in [0.3, 0.4) is 0 Å². The number of hydrogen-bond acceptors (Lipinski definition) is 3.